The number of hydrogen-bond acceptors (Lipinski definition) is 5. The van der Waals surface area contributed by atoms with Gasteiger partial charge in [-0.2, -0.15) is 5.10 Å². The van der Waals surface area contributed by atoms with Crippen LogP contribution < -0.4 is 5.56 Å². The normalized spacial score (nSPS) is 18.1. The molecule has 0 spiro atoms. The van der Waals surface area contributed by atoms with E-state index in [1.807, 2.05) is 0 Å². The Morgan fingerprint density at radius 3 is 2.75 bits per heavy atom. The van der Waals surface area contributed by atoms with Crippen molar-refractivity contribution >= 4 is 11.9 Å². The maximum atomic E-state index is 12.5. The van der Waals surface area contributed by atoms with Gasteiger partial charge in [-0.25, -0.2) is 9.89 Å². The first-order chi connectivity index (χ1) is 9.47. The number of H-pyrrole nitrogens is 1. The number of likely N-dealkylation sites (tertiary alicyclic amines) is 1. The largest absolute Gasteiger partial charge is 0.467 e. The molecule has 2 heterocycles. The summed E-state index contributed by atoms with van der Waals surface area (Å²) < 4.78 is 4.70. The second-order valence-corrected chi connectivity index (χ2v) is 4.82. The van der Waals surface area contributed by atoms with E-state index >= 15 is 0 Å². The molecular formula is C13H17N3O4. The molecule has 1 aliphatic heterocycles. The Hall–Kier alpha value is -2.18. The van der Waals surface area contributed by atoms with Crippen molar-refractivity contribution in [2.24, 2.45) is 0 Å². The highest BCUT2D eigenvalue weighted by molar-refractivity contribution is 5.98. The van der Waals surface area contributed by atoms with Gasteiger partial charge in [0.2, 0.25) is 0 Å². The Morgan fingerprint density at radius 2 is 2.10 bits per heavy atom. The standard InChI is InChI=1S/C13H17N3O4/c1-7-8(2)14-15-11(17)10(7)12(18)16-6-4-5-9(16)13(19)20-3/h9H,4-6H2,1-3H3,(H,15,17). The third-order valence-corrected chi connectivity index (χ3v) is 3.67. The van der Waals surface area contributed by atoms with Crippen molar-refractivity contribution < 1.29 is 14.3 Å². The quantitative estimate of drug-likeness (QED) is 0.779. The number of carbonyl (C=O) groups is 2. The molecule has 0 radical (unpaired) electrons. The SMILES string of the molecule is COC(=O)C1CCCN1C(=O)c1c(C)c(C)n[nH]c1=O. The molecule has 0 saturated carbocycles. The number of aromatic amines is 1. The van der Waals surface area contributed by atoms with Gasteiger partial charge in [0.25, 0.3) is 11.5 Å². The number of nitrogens with zero attached hydrogens (tertiary/aromatic N) is 2. The van der Waals surface area contributed by atoms with E-state index in [0.717, 1.165) is 0 Å². The summed E-state index contributed by atoms with van der Waals surface area (Å²) in [5.41, 5.74) is 0.637. The number of aromatic nitrogens is 2. The van der Waals surface area contributed by atoms with E-state index in [1.54, 1.807) is 13.8 Å². The Morgan fingerprint density at radius 1 is 1.40 bits per heavy atom. The van der Waals surface area contributed by atoms with E-state index in [1.165, 1.54) is 12.0 Å². The van der Waals surface area contributed by atoms with Crippen LogP contribution in [0, 0.1) is 13.8 Å². The average Bonchev–Trinajstić information content (AvgIpc) is 2.91. The van der Waals surface area contributed by atoms with Crippen LogP contribution in [-0.4, -0.2) is 46.7 Å². The van der Waals surface area contributed by atoms with E-state index < -0.39 is 23.5 Å². The second kappa shape index (κ2) is 5.44. The van der Waals surface area contributed by atoms with Gasteiger partial charge in [-0.1, -0.05) is 0 Å². The highest BCUT2D eigenvalue weighted by atomic mass is 16.5. The molecule has 7 heteroatoms. The summed E-state index contributed by atoms with van der Waals surface area (Å²) in [7, 11) is 1.29. The molecule has 1 saturated heterocycles. The van der Waals surface area contributed by atoms with Crippen LogP contribution in [0.1, 0.15) is 34.5 Å². The van der Waals surface area contributed by atoms with Gasteiger partial charge < -0.3 is 9.64 Å². The van der Waals surface area contributed by atoms with Gasteiger partial charge in [0, 0.05) is 6.54 Å². The lowest BCUT2D eigenvalue weighted by Crippen LogP contribution is -2.43. The average molecular weight is 279 g/mol. The summed E-state index contributed by atoms with van der Waals surface area (Å²) in [6.07, 6.45) is 1.27. The number of rotatable bonds is 2. The first-order valence-corrected chi connectivity index (χ1v) is 6.42. The van der Waals surface area contributed by atoms with Crippen molar-refractivity contribution in [3.63, 3.8) is 0 Å². The molecule has 1 fully saturated rings. The van der Waals surface area contributed by atoms with Crippen molar-refractivity contribution in [1.29, 1.82) is 0 Å². The molecule has 1 atom stereocenters. The van der Waals surface area contributed by atoms with Gasteiger partial charge in [0.15, 0.2) is 0 Å². The lowest BCUT2D eigenvalue weighted by molar-refractivity contribution is -0.145. The predicted octanol–water partition coefficient (Wildman–Crippen LogP) is 0.164. The summed E-state index contributed by atoms with van der Waals surface area (Å²) >= 11 is 0. The number of esters is 1. The summed E-state index contributed by atoms with van der Waals surface area (Å²) in [6, 6.07) is -0.611. The molecule has 1 aromatic heterocycles. The Balaban J connectivity index is 2.39. The predicted molar refractivity (Wildman–Crippen MR) is 70.4 cm³/mol. The molecule has 1 amide bonds. The molecule has 1 aliphatic rings. The molecule has 20 heavy (non-hydrogen) atoms. The topological polar surface area (TPSA) is 92.4 Å². The minimum absolute atomic E-state index is 0.0494. The lowest BCUT2D eigenvalue weighted by Gasteiger charge is -2.23. The van der Waals surface area contributed by atoms with Gasteiger partial charge in [0.1, 0.15) is 11.6 Å². The zero-order valence-electron chi connectivity index (χ0n) is 11.7. The third kappa shape index (κ3) is 2.31. The third-order valence-electron chi connectivity index (χ3n) is 3.67. The summed E-state index contributed by atoms with van der Waals surface area (Å²) in [6.45, 7) is 3.83. The van der Waals surface area contributed by atoms with Crippen LogP contribution in [-0.2, 0) is 9.53 Å². The molecule has 1 N–H and O–H groups in total. The van der Waals surface area contributed by atoms with Crippen LogP contribution in [0.25, 0.3) is 0 Å². The van der Waals surface area contributed by atoms with E-state index in [2.05, 4.69) is 10.2 Å². The van der Waals surface area contributed by atoms with Gasteiger partial charge in [0.05, 0.1) is 12.8 Å². The number of methoxy groups -OCH3 is 1. The van der Waals surface area contributed by atoms with Gasteiger partial charge in [-0.15, -0.1) is 0 Å². The lowest BCUT2D eigenvalue weighted by atomic mass is 10.1. The molecule has 1 aromatic rings. The van der Waals surface area contributed by atoms with Gasteiger partial charge >= 0.3 is 5.97 Å². The highest BCUT2D eigenvalue weighted by Gasteiger charge is 2.36. The van der Waals surface area contributed by atoms with Gasteiger partial charge in [-0.05, 0) is 32.3 Å². The molecule has 2 rings (SSSR count). The zero-order chi connectivity index (χ0) is 14.9. The maximum absolute atomic E-state index is 12.5. The number of amides is 1. The minimum Gasteiger partial charge on any atom is -0.467 e. The van der Waals surface area contributed by atoms with Crippen molar-refractivity contribution in [3.8, 4) is 0 Å². The Labute approximate surface area is 115 Å². The minimum atomic E-state index is -0.611. The molecule has 0 aromatic carbocycles. The van der Waals surface area contributed by atoms with E-state index in [9.17, 15) is 14.4 Å². The molecule has 0 bridgehead atoms. The summed E-state index contributed by atoms with van der Waals surface area (Å²) in [4.78, 5) is 37.5. The van der Waals surface area contributed by atoms with Crippen LogP contribution in [0.4, 0.5) is 0 Å². The van der Waals surface area contributed by atoms with Crippen molar-refractivity contribution in [3.05, 3.63) is 27.2 Å². The highest BCUT2D eigenvalue weighted by Crippen LogP contribution is 2.21. The van der Waals surface area contributed by atoms with Crippen LogP contribution in [0.5, 0.6) is 0 Å². The smallest absolute Gasteiger partial charge is 0.328 e. The van der Waals surface area contributed by atoms with Gasteiger partial charge in [-0.3, -0.25) is 9.59 Å². The van der Waals surface area contributed by atoms with Crippen molar-refractivity contribution in [2.45, 2.75) is 32.7 Å². The fourth-order valence-corrected chi connectivity index (χ4v) is 2.42. The molecule has 0 aliphatic carbocycles. The Bertz CT molecular complexity index is 608. The summed E-state index contributed by atoms with van der Waals surface area (Å²) in [5.74, 6) is -0.891. The summed E-state index contributed by atoms with van der Waals surface area (Å²) in [5, 5.41) is 6.12. The molecular weight excluding hydrogens is 262 g/mol. The maximum Gasteiger partial charge on any atom is 0.328 e. The number of hydrogen-bond donors (Lipinski definition) is 1. The van der Waals surface area contributed by atoms with Crippen molar-refractivity contribution in [2.75, 3.05) is 13.7 Å². The number of nitrogens with one attached hydrogen (secondary N) is 1. The van der Waals surface area contributed by atoms with E-state index in [-0.39, 0.29) is 5.56 Å². The molecule has 1 unspecified atom stereocenters. The number of ether oxygens (including phenoxy) is 1. The van der Waals surface area contributed by atoms with E-state index in [0.29, 0.717) is 30.6 Å². The fourth-order valence-electron chi connectivity index (χ4n) is 2.42. The van der Waals surface area contributed by atoms with Crippen LogP contribution in [0.2, 0.25) is 0 Å². The monoisotopic (exact) mass is 279 g/mol. The fraction of sp³-hybridized carbons (Fsp3) is 0.538. The Kier molecular flexibility index (Phi) is 3.87. The zero-order valence-corrected chi connectivity index (χ0v) is 11.7. The van der Waals surface area contributed by atoms with Crippen LogP contribution >= 0.6 is 0 Å². The first kappa shape index (κ1) is 14.2. The van der Waals surface area contributed by atoms with E-state index in [4.69, 9.17) is 4.74 Å². The molecule has 7 nitrogen and oxygen atoms in total. The van der Waals surface area contributed by atoms with Crippen molar-refractivity contribution in [1.82, 2.24) is 15.1 Å². The molecule has 108 valence electrons. The number of carbonyl (C=O) groups excluding carboxylic acids is 2. The number of aryl methyl sites for hydroxylation is 1. The van der Waals surface area contributed by atoms with Crippen LogP contribution in [0.3, 0.4) is 0 Å². The first-order valence-electron chi connectivity index (χ1n) is 6.42. The van der Waals surface area contributed by atoms with Crippen LogP contribution in [0.15, 0.2) is 4.79 Å². The second-order valence-electron chi connectivity index (χ2n) is 4.82.